The van der Waals surface area contributed by atoms with Gasteiger partial charge in [-0.05, 0) is 57.3 Å². The fourth-order valence-electron chi connectivity index (χ4n) is 7.15. The summed E-state index contributed by atoms with van der Waals surface area (Å²) >= 11 is 0. The number of halogens is 3. The quantitative estimate of drug-likeness (QED) is 0.451. The summed E-state index contributed by atoms with van der Waals surface area (Å²) in [6.45, 7) is 2.60. The predicted molar refractivity (Wildman–Crippen MR) is 138 cm³/mol. The van der Waals surface area contributed by atoms with Crippen LogP contribution in [0.5, 0.6) is 0 Å². The van der Waals surface area contributed by atoms with E-state index in [2.05, 4.69) is 15.5 Å². The number of alkyl halides is 3. The summed E-state index contributed by atoms with van der Waals surface area (Å²) in [4.78, 5) is 29.2. The van der Waals surface area contributed by atoms with Crippen molar-refractivity contribution in [2.75, 3.05) is 26.2 Å². The van der Waals surface area contributed by atoms with Crippen LogP contribution in [0.15, 0.2) is 0 Å². The Bertz CT molecular complexity index is 727. The molecule has 0 aromatic carbocycles. The Labute approximate surface area is 220 Å². The maximum atomic E-state index is 13.4. The summed E-state index contributed by atoms with van der Waals surface area (Å²) < 4.78 is 40.1. The van der Waals surface area contributed by atoms with Crippen molar-refractivity contribution >= 4 is 11.9 Å². The van der Waals surface area contributed by atoms with Crippen LogP contribution in [0.1, 0.15) is 103 Å². The Balaban J connectivity index is 1.11. The minimum Gasteiger partial charge on any atom is -0.353 e. The summed E-state index contributed by atoms with van der Waals surface area (Å²) in [5.74, 6) is -0.406. The zero-order valence-electron chi connectivity index (χ0n) is 22.4. The summed E-state index contributed by atoms with van der Waals surface area (Å²) in [5, 5.41) is 5.96. The standard InChI is InChI=1S/C28H47F3N4O2/c29-28(30,31)24-10-4-5-11-25(24)33-27(37)35-19-17-34(18-20-35)23-15-13-22(14-16-23)32-26(36)12-6-9-21-7-2-1-3-8-21/h21-25H,1-20H2,(H,32,36)(H,33,37). The van der Waals surface area contributed by atoms with Crippen LogP contribution in [0.25, 0.3) is 0 Å². The first-order chi connectivity index (χ1) is 17.8. The van der Waals surface area contributed by atoms with Crippen molar-refractivity contribution in [2.24, 2.45) is 11.8 Å². The van der Waals surface area contributed by atoms with Gasteiger partial charge in [0.1, 0.15) is 0 Å². The molecule has 1 heterocycles. The fraction of sp³-hybridized carbons (Fsp3) is 0.929. The van der Waals surface area contributed by atoms with Gasteiger partial charge in [0.05, 0.1) is 5.92 Å². The second-order valence-corrected chi connectivity index (χ2v) is 12.0. The molecule has 4 fully saturated rings. The highest BCUT2D eigenvalue weighted by Crippen LogP contribution is 2.38. The first-order valence-corrected chi connectivity index (χ1v) is 14.9. The van der Waals surface area contributed by atoms with E-state index < -0.39 is 18.1 Å². The zero-order chi connectivity index (χ0) is 26.3. The van der Waals surface area contributed by atoms with Gasteiger partial charge in [0.25, 0.3) is 0 Å². The van der Waals surface area contributed by atoms with E-state index in [9.17, 15) is 22.8 Å². The van der Waals surface area contributed by atoms with Crippen molar-refractivity contribution in [1.29, 1.82) is 0 Å². The number of urea groups is 1. The van der Waals surface area contributed by atoms with Gasteiger partial charge in [-0.15, -0.1) is 0 Å². The molecule has 0 spiro atoms. The summed E-state index contributed by atoms with van der Waals surface area (Å²) in [7, 11) is 0. The highest BCUT2D eigenvalue weighted by molar-refractivity contribution is 5.76. The molecule has 6 nitrogen and oxygen atoms in total. The number of nitrogens with one attached hydrogen (secondary N) is 2. The first-order valence-electron chi connectivity index (χ1n) is 14.9. The Morgan fingerprint density at radius 2 is 1.41 bits per heavy atom. The molecule has 1 saturated heterocycles. The number of carbonyl (C=O) groups is 2. The number of amides is 3. The second kappa shape index (κ2) is 13.5. The maximum absolute atomic E-state index is 13.4. The third-order valence-corrected chi connectivity index (χ3v) is 9.42. The molecule has 2 N–H and O–H groups in total. The minimum absolute atomic E-state index is 0.103. The topological polar surface area (TPSA) is 64.7 Å². The van der Waals surface area contributed by atoms with Gasteiger partial charge in [0.2, 0.25) is 5.91 Å². The van der Waals surface area contributed by atoms with Gasteiger partial charge in [0, 0.05) is 50.7 Å². The van der Waals surface area contributed by atoms with Gasteiger partial charge < -0.3 is 15.5 Å². The SMILES string of the molecule is O=C(CCCC1CCCCC1)NC1CCC(N2CCN(C(=O)NC3CCCCC3C(F)(F)F)CC2)CC1. The van der Waals surface area contributed by atoms with Gasteiger partial charge in [-0.1, -0.05) is 44.9 Å². The van der Waals surface area contributed by atoms with Crippen LogP contribution in [-0.2, 0) is 4.79 Å². The van der Waals surface area contributed by atoms with Crippen molar-refractivity contribution in [3.63, 3.8) is 0 Å². The smallest absolute Gasteiger partial charge is 0.353 e. The van der Waals surface area contributed by atoms with E-state index in [-0.39, 0.29) is 24.4 Å². The largest absolute Gasteiger partial charge is 0.393 e. The monoisotopic (exact) mass is 528 g/mol. The predicted octanol–water partition coefficient (Wildman–Crippen LogP) is 5.61. The third-order valence-electron chi connectivity index (χ3n) is 9.42. The lowest BCUT2D eigenvalue weighted by molar-refractivity contribution is -0.188. The van der Waals surface area contributed by atoms with E-state index in [1.54, 1.807) is 4.90 Å². The van der Waals surface area contributed by atoms with Crippen molar-refractivity contribution < 1.29 is 22.8 Å². The van der Waals surface area contributed by atoms with Gasteiger partial charge >= 0.3 is 12.2 Å². The van der Waals surface area contributed by atoms with Gasteiger partial charge in [0.15, 0.2) is 0 Å². The van der Waals surface area contributed by atoms with Crippen LogP contribution >= 0.6 is 0 Å². The van der Waals surface area contributed by atoms with E-state index >= 15 is 0 Å². The van der Waals surface area contributed by atoms with Crippen molar-refractivity contribution in [1.82, 2.24) is 20.4 Å². The number of piperazine rings is 1. The van der Waals surface area contributed by atoms with Crippen molar-refractivity contribution in [3.05, 3.63) is 0 Å². The number of hydrogen-bond donors (Lipinski definition) is 2. The first kappa shape index (κ1) is 28.5. The molecular formula is C28H47F3N4O2. The highest BCUT2D eigenvalue weighted by atomic mass is 19.4. The van der Waals surface area contributed by atoms with E-state index in [4.69, 9.17) is 0 Å². The number of hydrogen-bond acceptors (Lipinski definition) is 3. The zero-order valence-corrected chi connectivity index (χ0v) is 22.4. The molecule has 4 aliphatic rings. The molecule has 0 bridgehead atoms. The number of nitrogens with zero attached hydrogens (tertiary/aromatic N) is 2. The molecule has 2 atom stereocenters. The van der Waals surface area contributed by atoms with E-state index in [0.29, 0.717) is 38.4 Å². The summed E-state index contributed by atoms with van der Waals surface area (Å²) in [6.07, 6.45) is 11.2. The lowest BCUT2D eigenvalue weighted by Crippen LogP contribution is -2.57. The van der Waals surface area contributed by atoms with Crippen LogP contribution in [0.2, 0.25) is 0 Å². The van der Waals surface area contributed by atoms with Gasteiger partial charge in [-0.3, -0.25) is 9.69 Å². The molecule has 9 heteroatoms. The molecule has 3 saturated carbocycles. The molecular weight excluding hydrogens is 481 g/mol. The molecule has 0 aromatic rings. The average Bonchev–Trinajstić information content (AvgIpc) is 2.89. The molecule has 212 valence electrons. The van der Waals surface area contributed by atoms with Crippen molar-refractivity contribution in [2.45, 2.75) is 127 Å². The number of rotatable bonds is 7. The normalized spacial score (nSPS) is 30.6. The van der Waals surface area contributed by atoms with Crippen LogP contribution in [0, 0.1) is 11.8 Å². The van der Waals surface area contributed by atoms with Gasteiger partial charge in [-0.2, -0.15) is 13.2 Å². The van der Waals surface area contributed by atoms with Crippen LogP contribution in [0.3, 0.4) is 0 Å². The summed E-state index contributed by atoms with van der Waals surface area (Å²) in [6, 6.07) is -0.437. The molecule has 0 radical (unpaired) electrons. The van der Waals surface area contributed by atoms with E-state index in [0.717, 1.165) is 57.5 Å². The molecule has 0 aromatic heterocycles. The van der Waals surface area contributed by atoms with Crippen LogP contribution < -0.4 is 10.6 Å². The fourth-order valence-corrected chi connectivity index (χ4v) is 7.15. The average molecular weight is 529 g/mol. The highest BCUT2D eigenvalue weighted by Gasteiger charge is 2.46. The molecule has 1 aliphatic heterocycles. The Hall–Kier alpha value is -1.51. The molecule has 3 aliphatic carbocycles. The molecule has 3 amide bonds. The Morgan fingerprint density at radius 3 is 2.08 bits per heavy atom. The molecule has 4 rings (SSSR count). The third kappa shape index (κ3) is 8.49. The minimum atomic E-state index is -4.26. The number of carbonyl (C=O) groups excluding carboxylic acids is 2. The van der Waals surface area contributed by atoms with Gasteiger partial charge in [-0.25, -0.2) is 4.79 Å². The maximum Gasteiger partial charge on any atom is 0.393 e. The lowest BCUT2D eigenvalue weighted by Gasteiger charge is -2.42. The molecule has 37 heavy (non-hydrogen) atoms. The Kier molecular flexibility index (Phi) is 10.4. The Morgan fingerprint density at radius 1 is 0.757 bits per heavy atom. The lowest BCUT2D eigenvalue weighted by atomic mass is 9.84. The second-order valence-electron chi connectivity index (χ2n) is 12.0. The molecule has 2 unspecified atom stereocenters. The van der Waals surface area contributed by atoms with Crippen LogP contribution in [-0.4, -0.2) is 72.2 Å². The summed E-state index contributed by atoms with van der Waals surface area (Å²) in [5.41, 5.74) is 0. The van der Waals surface area contributed by atoms with E-state index in [1.165, 1.54) is 38.5 Å². The van der Waals surface area contributed by atoms with Crippen LogP contribution in [0.4, 0.5) is 18.0 Å². The van der Waals surface area contributed by atoms with Crippen molar-refractivity contribution in [3.8, 4) is 0 Å². The van der Waals surface area contributed by atoms with E-state index in [1.807, 2.05) is 0 Å².